The van der Waals surface area contributed by atoms with E-state index in [0.717, 1.165) is 20.4 Å². The summed E-state index contributed by atoms with van der Waals surface area (Å²) in [6, 6.07) is 12.7. The maximum Gasteiger partial charge on any atom is 0.387 e. The molecular formula is C28H26F2N6O5. The monoisotopic (exact) mass is 564 g/mol. The SMILES string of the molecule is Cc1cc(C)c(C(=O)Nc2nc(=O)n(Cc3ccc4c(c3)CCO4)c(=O)n2Cc2ccc(OC(F)F)cc2)c(N)n1. The first kappa shape index (κ1) is 27.5. The average molecular weight is 565 g/mol. The molecule has 11 nitrogen and oxygen atoms in total. The van der Waals surface area contributed by atoms with Crippen molar-refractivity contribution in [3.8, 4) is 11.5 Å². The van der Waals surface area contributed by atoms with E-state index in [9.17, 15) is 23.2 Å². The Morgan fingerprint density at radius 3 is 2.46 bits per heavy atom. The van der Waals surface area contributed by atoms with Gasteiger partial charge in [0.15, 0.2) is 0 Å². The van der Waals surface area contributed by atoms with Crippen LogP contribution in [0.3, 0.4) is 0 Å². The van der Waals surface area contributed by atoms with E-state index in [0.29, 0.717) is 35.4 Å². The van der Waals surface area contributed by atoms with Crippen molar-refractivity contribution < 1.29 is 23.0 Å². The molecule has 0 fully saturated rings. The number of aryl methyl sites for hydroxylation is 2. The number of fused-ring (bicyclic) bond motifs is 1. The molecule has 0 saturated carbocycles. The van der Waals surface area contributed by atoms with Gasteiger partial charge in [-0.05, 0) is 60.4 Å². The molecule has 2 aromatic heterocycles. The van der Waals surface area contributed by atoms with Gasteiger partial charge in [-0.1, -0.05) is 24.3 Å². The fraction of sp³-hybridized carbons (Fsp3) is 0.250. The molecule has 4 aromatic rings. The van der Waals surface area contributed by atoms with E-state index in [1.54, 1.807) is 32.0 Å². The van der Waals surface area contributed by atoms with Crippen LogP contribution in [0.4, 0.5) is 20.5 Å². The van der Waals surface area contributed by atoms with Crippen molar-refractivity contribution >= 4 is 17.7 Å². The van der Waals surface area contributed by atoms with Crippen molar-refractivity contribution in [1.82, 2.24) is 19.1 Å². The molecule has 0 atom stereocenters. The highest BCUT2D eigenvalue weighted by Crippen LogP contribution is 2.26. The van der Waals surface area contributed by atoms with Gasteiger partial charge in [-0.25, -0.2) is 19.1 Å². The van der Waals surface area contributed by atoms with Gasteiger partial charge in [-0.15, -0.1) is 0 Å². The molecule has 1 aliphatic heterocycles. The van der Waals surface area contributed by atoms with Crippen molar-refractivity contribution in [3.63, 3.8) is 0 Å². The molecule has 1 aliphatic rings. The van der Waals surface area contributed by atoms with Crippen LogP contribution in [0.15, 0.2) is 58.1 Å². The van der Waals surface area contributed by atoms with Crippen LogP contribution in [-0.2, 0) is 19.5 Å². The summed E-state index contributed by atoms with van der Waals surface area (Å²) in [6.07, 6.45) is 0.715. The predicted octanol–water partition coefficient (Wildman–Crippen LogP) is 2.88. The number of carbonyl (C=O) groups excluding carboxylic acids is 1. The maximum absolute atomic E-state index is 13.7. The summed E-state index contributed by atoms with van der Waals surface area (Å²) in [5.41, 5.74) is 7.79. The summed E-state index contributed by atoms with van der Waals surface area (Å²) >= 11 is 0. The number of anilines is 2. The number of nitrogens with zero attached hydrogens (tertiary/aromatic N) is 4. The molecule has 3 heterocycles. The van der Waals surface area contributed by atoms with Gasteiger partial charge in [0, 0.05) is 12.1 Å². The Morgan fingerprint density at radius 2 is 1.76 bits per heavy atom. The molecule has 0 saturated heterocycles. The molecule has 13 heteroatoms. The third-order valence-electron chi connectivity index (χ3n) is 6.56. The van der Waals surface area contributed by atoms with E-state index in [2.05, 4.69) is 20.0 Å². The molecule has 0 radical (unpaired) electrons. The number of carbonyl (C=O) groups is 1. The smallest absolute Gasteiger partial charge is 0.387 e. The number of nitrogens with two attached hydrogens (primary N) is 1. The second-order valence-electron chi connectivity index (χ2n) is 9.53. The molecule has 3 N–H and O–H groups in total. The Balaban J connectivity index is 1.54. The largest absolute Gasteiger partial charge is 0.493 e. The minimum atomic E-state index is -2.99. The molecule has 0 unspecified atom stereocenters. The van der Waals surface area contributed by atoms with Crippen LogP contribution < -0.4 is 31.9 Å². The maximum atomic E-state index is 13.7. The van der Waals surface area contributed by atoms with Crippen molar-refractivity contribution in [3.05, 3.63) is 103 Å². The minimum absolute atomic E-state index is 0.0163. The Bertz CT molecular complexity index is 1730. The molecular weight excluding hydrogens is 538 g/mol. The lowest BCUT2D eigenvalue weighted by atomic mass is 10.1. The number of hydrogen-bond donors (Lipinski definition) is 2. The second kappa shape index (κ2) is 11.2. The molecule has 41 heavy (non-hydrogen) atoms. The average Bonchev–Trinajstić information content (AvgIpc) is 3.37. The van der Waals surface area contributed by atoms with E-state index < -0.39 is 23.9 Å². The van der Waals surface area contributed by atoms with Crippen LogP contribution in [0.5, 0.6) is 11.5 Å². The number of nitrogen functional groups attached to an aromatic ring is 1. The fourth-order valence-electron chi connectivity index (χ4n) is 4.71. The summed E-state index contributed by atoms with van der Waals surface area (Å²) in [5.74, 6) is -0.335. The normalized spacial score (nSPS) is 12.2. The van der Waals surface area contributed by atoms with Crippen molar-refractivity contribution in [2.24, 2.45) is 0 Å². The Morgan fingerprint density at radius 1 is 1.05 bits per heavy atom. The first-order chi connectivity index (χ1) is 19.6. The molecule has 212 valence electrons. The van der Waals surface area contributed by atoms with Gasteiger partial charge in [0.05, 0.1) is 25.3 Å². The van der Waals surface area contributed by atoms with Gasteiger partial charge >= 0.3 is 18.0 Å². The zero-order valence-corrected chi connectivity index (χ0v) is 22.2. The van der Waals surface area contributed by atoms with Gasteiger partial charge in [0.1, 0.15) is 17.3 Å². The second-order valence-corrected chi connectivity index (χ2v) is 9.53. The van der Waals surface area contributed by atoms with Crippen molar-refractivity contribution in [1.29, 1.82) is 0 Å². The fourth-order valence-corrected chi connectivity index (χ4v) is 4.71. The highest BCUT2D eigenvalue weighted by atomic mass is 19.3. The minimum Gasteiger partial charge on any atom is -0.493 e. The van der Waals surface area contributed by atoms with Crippen LogP contribution in [-0.4, -0.2) is 38.2 Å². The lowest BCUT2D eigenvalue weighted by molar-refractivity contribution is -0.0498. The van der Waals surface area contributed by atoms with Gasteiger partial charge in [0.25, 0.3) is 5.91 Å². The number of rotatable bonds is 8. The topological polar surface area (TPSA) is 143 Å². The number of nitrogens with one attached hydrogen (secondary N) is 1. The third kappa shape index (κ3) is 5.93. The standard InChI is InChI=1S/C28H26F2N6O5/c1-15-11-16(2)32-23(31)22(15)24(37)33-26-34-27(38)36(14-18-5-8-21-19(12-18)9-10-40-21)28(39)35(26)13-17-3-6-20(7-4-17)41-25(29)30/h3-8,11-12,25H,9-10,13-14H2,1-2H3,(H2,31,32)(H,33,34,37,38). The number of alkyl halides is 2. The Kier molecular flexibility index (Phi) is 7.51. The van der Waals surface area contributed by atoms with Crippen LogP contribution in [0.25, 0.3) is 0 Å². The number of halogens is 2. The first-order valence-corrected chi connectivity index (χ1v) is 12.6. The molecule has 2 aromatic carbocycles. The summed E-state index contributed by atoms with van der Waals surface area (Å²) in [7, 11) is 0. The van der Waals surface area contributed by atoms with E-state index >= 15 is 0 Å². The predicted molar refractivity (Wildman–Crippen MR) is 146 cm³/mol. The number of ether oxygens (including phenoxy) is 2. The van der Waals surface area contributed by atoms with Gasteiger partial charge < -0.3 is 15.2 Å². The van der Waals surface area contributed by atoms with E-state index in [1.807, 2.05) is 6.07 Å². The quantitative estimate of drug-likeness (QED) is 0.333. The number of amides is 1. The van der Waals surface area contributed by atoms with Crippen LogP contribution in [0.2, 0.25) is 0 Å². The van der Waals surface area contributed by atoms with E-state index in [-0.39, 0.29) is 36.2 Å². The third-order valence-corrected chi connectivity index (χ3v) is 6.56. The zero-order chi connectivity index (χ0) is 29.3. The highest BCUT2D eigenvalue weighted by Gasteiger charge is 2.21. The number of aromatic nitrogens is 4. The van der Waals surface area contributed by atoms with Crippen LogP contribution in [0, 0.1) is 13.8 Å². The van der Waals surface area contributed by atoms with Gasteiger partial charge in [0.2, 0.25) is 5.95 Å². The molecule has 5 rings (SSSR count). The van der Waals surface area contributed by atoms with Crippen molar-refractivity contribution in [2.75, 3.05) is 17.7 Å². The number of benzene rings is 2. The Hall–Kier alpha value is -5.07. The lowest BCUT2D eigenvalue weighted by Crippen LogP contribution is -2.43. The van der Waals surface area contributed by atoms with Crippen molar-refractivity contribution in [2.45, 2.75) is 40.0 Å². The zero-order valence-electron chi connectivity index (χ0n) is 22.2. The van der Waals surface area contributed by atoms with Crippen LogP contribution >= 0.6 is 0 Å². The summed E-state index contributed by atoms with van der Waals surface area (Å²) in [5, 5.41) is 2.53. The molecule has 0 bridgehead atoms. The number of pyridine rings is 1. The van der Waals surface area contributed by atoms with Gasteiger partial charge in [-0.3, -0.25) is 14.7 Å². The first-order valence-electron chi connectivity index (χ1n) is 12.6. The summed E-state index contributed by atoms with van der Waals surface area (Å²) in [6.45, 7) is 0.772. The lowest BCUT2D eigenvalue weighted by Gasteiger charge is -2.16. The van der Waals surface area contributed by atoms with Gasteiger partial charge in [-0.2, -0.15) is 13.8 Å². The summed E-state index contributed by atoms with van der Waals surface area (Å²) in [4.78, 5) is 48.2. The van der Waals surface area contributed by atoms with E-state index in [4.69, 9.17) is 10.5 Å². The number of hydrogen-bond acceptors (Lipinski definition) is 8. The van der Waals surface area contributed by atoms with Crippen LogP contribution in [0.1, 0.15) is 38.3 Å². The molecule has 1 amide bonds. The summed E-state index contributed by atoms with van der Waals surface area (Å²) < 4.78 is 37.1. The molecule has 0 spiro atoms. The Labute approximate surface area is 232 Å². The molecule has 0 aliphatic carbocycles. The van der Waals surface area contributed by atoms with E-state index in [1.165, 1.54) is 24.3 Å². The highest BCUT2D eigenvalue weighted by molar-refractivity contribution is 6.07.